The molecule has 2 rings (SSSR count). The van der Waals surface area contributed by atoms with Crippen molar-refractivity contribution in [1.29, 1.82) is 0 Å². The molecule has 0 bridgehead atoms. The highest BCUT2D eigenvalue weighted by Crippen LogP contribution is 2.45. The number of allylic oxidation sites excluding steroid dienone is 8. The van der Waals surface area contributed by atoms with Crippen molar-refractivity contribution in [3.63, 3.8) is 0 Å². The molecule has 0 aromatic heterocycles. The molecule has 0 aromatic carbocycles. The lowest BCUT2D eigenvalue weighted by atomic mass is 10.2. The van der Waals surface area contributed by atoms with Crippen molar-refractivity contribution in [3.8, 4) is 0 Å². The first-order valence-corrected chi connectivity index (χ1v) is 23.0. The van der Waals surface area contributed by atoms with Crippen LogP contribution in [0.5, 0.6) is 0 Å². The molecule has 0 radical (unpaired) electrons. The Morgan fingerprint density at radius 2 is 1.29 bits per heavy atom. The highest BCUT2D eigenvalue weighted by molar-refractivity contribution is 6.87. The summed E-state index contributed by atoms with van der Waals surface area (Å²) >= 11 is 0. The van der Waals surface area contributed by atoms with Gasteiger partial charge in [0.1, 0.15) is 0 Å². The van der Waals surface area contributed by atoms with Crippen molar-refractivity contribution < 1.29 is 16.5 Å². The molecule has 0 aliphatic heterocycles. The van der Waals surface area contributed by atoms with Gasteiger partial charge in [-0.1, -0.05) is 48.6 Å². The van der Waals surface area contributed by atoms with Crippen LogP contribution < -0.4 is 0 Å². The lowest BCUT2D eigenvalue weighted by molar-refractivity contribution is 0.287. The highest BCUT2D eigenvalue weighted by atomic mass is 28.5. The van der Waals surface area contributed by atoms with E-state index in [1.807, 2.05) is 0 Å². The third-order valence-electron chi connectivity index (χ3n) is 4.73. The van der Waals surface area contributed by atoms with Gasteiger partial charge in [0.2, 0.25) is 0 Å². The molecule has 0 spiro atoms. The predicted octanol–water partition coefficient (Wildman–Crippen LogP) is 4.79. The third-order valence-corrected chi connectivity index (χ3v) is 21.6. The summed E-state index contributed by atoms with van der Waals surface area (Å²) in [4.78, 5) is 0. The second-order valence-corrected chi connectivity index (χ2v) is 23.4. The first kappa shape index (κ1) is 24.2. The van der Waals surface area contributed by atoms with E-state index in [4.69, 9.17) is 16.5 Å². The molecule has 2 aliphatic carbocycles. The van der Waals surface area contributed by atoms with E-state index in [2.05, 4.69) is 94.4 Å². The average Bonchev–Trinajstić information content (AvgIpc) is 2.60. The fourth-order valence-corrected chi connectivity index (χ4v) is 23.6. The van der Waals surface area contributed by atoms with Crippen molar-refractivity contribution >= 4 is 44.5 Å². The zero-order chi connectivity index (χ0) is 20.8. The second kappa shape index (κ2) is 10.8. The zero-order valence-electron chi connectivity index (χ0n) is 18.6. The molecular formula is C19H38O4Si5. The Hall–Kier alpha value is -0.116. The van der Waals surface area contributed by atoms with Crippen LogP contribution in [0.4, 0.5) is 0 Å². The molecule has 0 N–H and O–H groups in total. The van der Waals surface area contributed by atoms with Gasteiger partial charge < -0.3 is 16.5 Å². The van der Waals surface area contributed by atoms with Crippen LogP contribution in [0.15, 0.2) is 48.6 Å². The van der Waals surface area contributed by atoms with E-state index < -0.39 is 44.5 Å². The zero-order valence-corrected chi connectivity index (χ0v) is 24.0. The van der Waals surface area contributed by atoms with E-state index in [1.165, 1.54) is 0 Å². The van der Waals surface area contributed by atoms with Crippen molar-refractivity contribution in [2.24, 2.45) is 0 Å². The van der Waals surface area contributed by atoms with Gasteiger partial charge in [-0.25, -0.2) is 0 Å². The molecule has 4 nitrogen and oxygen atoms in total. The Labute approximate surface area is 179 Å². The summed E-state index contributed by atoms with van der Waals surface area (Å²) in [6, 6.07) is 0. The maximum Gasteiger partial charge on any atom is 0.335 e. The Balaban J connectivity index is 2.43. The third kappa shape index (κ3) is 6.99. The number of hydrogen-bond donors (Lipinski definition) is 0. The van der Waals surface area contributed by atoms with Crippen LogP contribution in [-0.4, -0.2) is 44.5 Å². The number of rotatable bonds is 10. The van der Waals surface area contributed by atoms with Gasteiger partial charge >= 0.3 is 17.1 Å². The topological polar surface area (TPSA) is 36.9 Å². The summed E-state index contributed by atoms with van der Waals surface area (Å²) in [6.07, 6.45) is 19.6. The molecule has 0 amide bonds. The van der Waals surface area contributed by atoms with Gasteiger partial charge in [-0.15, -0.1) is 0 Å². The van der Waals surface area contributed by atoms with Crippen LogP contribution >= 0.6 is 0 Å². The van der Waals surface area contributed by atoms with Gasteiger partial charge in [0.05, 0.1) is 0 Å². The minimum atomic E-state index is -2.68. The van der Waals surface area contributed by atoms with Gasteiger partial charge in [-0.2, -0.15) is 0 Å². The van der Waals surface area contributed by atoms with E-state index >= 15 is 0 Å². The van der Waals surface area contributed by atoms with Crippen molar-refractivity contribution in [3.05, 3.63) is 48.6 Å². The molecule has 0 saturated heterocycles. The van der Waals surface area contributed by atoms with Gasteiger partial charge in [0.25, 0.3) is 9.28 Å². The van der Waals surface area contributed by atoms with Crippen molar-refractivity contribution in [2.75, 3.05) is 0 Å². The van der Waals surface area contributed by atoms with Crippen LogP contribution in [0.3, 0.4) is 0 Å². The molecule has 0 fully saturated rings. The summed E-state index contributed by atoms with van der Waals surface area (Å²) in [5.74, 6) is 0. The van der Waals surface area contributed by atoms with Crippen LogP contribution in [-0.2, 0) is 16.5 Å². The Bertz CT molecular complexity index is 585. The van der Waals surface area contributed by atoms with Crippen LogP contribution in [0.25, 0.3) is 0 Å². The monoisotopic (exact) mass is 470 g/mol. The molecule has 0 saturated carbocycles. The predicted molar refractivity (Wildman–Crippen MR) is 132 cm³/mol. The van der Waals surface area contributed by atoms with Crippen LogP contribution in [0.2, 0.25) is 56.9 Å². The largest absolute Gasteiger partial charge is 0.442 e. The Morgan fingerprint density at radius 1 is 0.750 bits per heavy atom. The maximum atomic E-state index is 7.14. The van der Waals surface area contributed by atoms with E-state index in [0.717, 1.165) is 12.8 Å². The van der Waals surface area contributed by atoms with Gasteiger partial charge in [0.15, 0.2) is 18.1 Å². The summed E-state index contributed by atoms with van der Waals surface area (Å²) < 4.78 is 26.9. The minimum absolute atomic E-state index is 0.287. The molecule has 28 heavy (non-hydrogen) atoms. The Kier molecular flexibility index (Phi) is 9.30. The van der Waals surface area contributed by atoms with E-state index in [9.17, 15) is 0 Å². The molecule has 9 heteroatoms. The highest BCUT2D eigenvalue weighted by Gasteiger charge is 2.55. The first-order valence-electron chi connectivity index (χ1n) is 10.5. The summed E-state index contributed by atoms with van der Waals surface area (Å²) in [5, 5.41) is 0. The van der Waals surface area contributed by atoms with E-state index in [0.29, 0.717) is 0 Å². The lowest BCUT2D eigenvalue weighted by Gasteiger charge is -2.47. The summed E-state index contributed by atoms with van der Waals surface area (Å²) in [5.41, 5.74) is 0.575. The molecule has 3 atom stereocenters. The average molecular weight is 471 g/mol. The molecule has 158 valence electrons. The SMILES string of the molecule is C[SiH](C)O[SiH](C)O[Si](O[Si](C)(C)O[SiH](C)C)(C1C=CC=CC1)C1C=CC=CC1. The van der Waals surface area contributed by atoms with Crippen LogP contribution in [0.1, 0.15) is 12.8 Å². The molecular weight excluding hydrogens is 433 g/mol. The Morgan fingerprint density at radius 3 is 1.68 bits per heavy atom. The normalized spacial score (nSPS) is 25.5. The molecule has 2 aliphatic rings. The van der Waals surface area contributed by atoms with E-state index in [-0.39, 0.29) is 11.1 Å². The molecule has 0 heterocycles. The van der Waals surface area contributed by atoms with Gasteiger partial charge in [-0.3, -0.25) is 0 Å². The minimum Gasteiger partial charge on any atom is -0.442 e. The standard InChI is InChI=1S/C19H38O4Si5/c1-24(2)20-26(5)22-28(18-14-10-8-11-15-18,19-16-12-9-13-17-19)23-27(6,7)21-25(3)4/h8-14,16,18-19,24-26H,15,17H2,1-7H3. The quantitative estimate of drug-likeness (QED) is 0.430. The smallest absolute Gasteiger partial charge is 0.335 e. The fourth-order valence-electron chi connectivity index (χ4n) is 4.03. The summed E-state index contributed by atoms with van der Waals surface area (Å²) in [6.45, 7) is 15.4. The molecule has 0 aromatic rings. The van der Waals surface area contributed by atoms with Crippen LogP contribution in [0, 0.1) is 0 Å². The summed E-state index contributed by atoms with van der Waals surface area (Å²) in [7, 11) is -9.15. The van der Waals surface area contributed by atoms with Crippen molar-refractivity contribution in [2.45, 2.75) is 69.8 Å². The fraction of sp³-hybridized carbons (Fsp3) is 0.579. The van der Waals surface area contributed by atoms with Gasteiger partial charge in [0, 0.05) is 11.1 Å². The van der Waals surface area contributed by atoms with Gasteiger partial charge in [-0.05, 0) is 58.7 Å². The number of hydrogen-bond acceptors (Lipinski definition) is 4. The van der Waals surface area contributed by atoms with E-state index in [1.54, 1.807) is 0 Å². The molecule has 3 unspecified atom stereocenters. The lowest BCUT2D eigenvalue weighted by Crippen LogP contribution is -2.60. The first-order chi connectivity index (χ1) is 13.1. The maximum absolute atomic E-state index is 7.14. The van der Waals surface area contributed by atoms with Crippen molar-refractivity contribution in [1.82, 2.24) is 0 Å². The second-order valence-electron chi connectivity index (χ2n) is 8.57.